The van der Waals surface area contributed by atoms with Gasteiger partial charge in [-0.05, 0) is 39.4 Å². The van der Waals surface area contributed by atoms with Crippen LogP contribution in [0.4, 0.5) is 11.5 Å². The number of hydrogen-bond acceptors (Lipinski definition) is 5. The van der Waals surface area contributed by atoms with E-state index in [2.05, 4.69) is 17.3 Å². The molecule has 0 saturated carbocycles. The average molecular weight is 295 g/mol. The summed E-state index contributed by atoms with van der Waals surface area (Å²) in [7, 11) is 3.58. The van der Waals surface area contributed by atoms with E-state index in [0.717, 1.165) is 36.9 Å². The van der Waals surface area contributed by atoms with Gasteiger partial charge in [0.05, 0.1) is 0 Å². The minimum atomic E-state index is -0.353. The highest BCUT2D eigenvalue weighted by molar-refractivity contribution is 5.61. The van der Waals surface area contributed by atoms with Crippen molar-refractivity contribution in [2.75, 3.05) is 31.2 Å². The molecule has 1 aromatic rings. The summed E-state index contributed by atoms with van der Waals surface area (Å²) in [6.45, 7) is 4.47. The van der Waals surface area contributed by atoms with E-state index < -0.39 is 0 Å². The zero-order valence-corrected chi connectivity index (χ0v) is 13.1. The normalized spacial score (nSPS) is 17.1. The van der Waals surface area contributed by atoms with Gasteiger partial charge in [0.15, 0.2) is 0 Å². The molecule has 7 nitrogen and oxygen atoms in total. The van der Waals surface area contributed by atoms with Crippen LogP contribution < -0.4 is 22.3 Å². The van der Waals surface area contributed by atoms with Gasteiger partial charge in [-0.1, -0.05) is 6.92 Å². The molecule has 1 aromatic heterocycles. The molecule has 7 heteroatoms. The van der Waals surface area contributed by atoms with Crippen LogP contribution in [0.5, 0.6) is 0 Å². The fourth-order valence-corrected chi connectivity index (χ4v) is 2.72. The van der Waals surface area contributed by atoms with E-state index in [-0.39, 0.29) is 23.1 Å². The third-order valence-corrected chi connectivity index (χ3v) is 4.10. The van der Waals surface area contributed by atoms with Crippen LogP contribution in [0.1, 0.15) is 26.2 Å². The van der Waals surface area contributed by atoms with Gasteiger partial charge in [0.1, 0.15) is 11.5 Å². The second-order valence-electron chi connectivity index (χ2n) is 5.78. The first-order chi connectivity index (χ1) is 9.95. The Bertz CT molecular complexity index is 611. The SMILES string of the molecule is CCCn1c(N)c(NC2CCN(C)CC2)c(=O)n(C)c1=O. The fraction of sp³-hybridized carbons (Fsp3) is 0.714. The highest BCUT2D eigenvalue weighted by Gasteiger charge is 2.21. The van der Waals surface area contributed by atoms with Crippen molar-refractivity contribution in [1.29, 1.82) is 0 Å². The van der Waals surface area contributed by atoms with Crippen LogP contribution in [0.25, 0.3) is 0 Å². The van der Waals surface area contributed by atoms with Crippen LogP contribution in [-0.2, 0) is 13.6 Å². The van der Waals surface area contributed by atoms with Gasteiger partial charge >= 0.3 is 5.69 Å². The average Bonchev–Trinajstić information content (AvgIpc) is 2.48. The van der Waals surface area contributed by atoms with Gasteiger partial charge in [-0.25, -0.2) is 4.79 Å². The number of aromatic nitrogens is 2. The van der Waals surface area contributed by atoms with Crippen LogP contribution in [-0.4, -0.2) is 40.2 Å². The van der Waals surface area contributed by atoms with Gasteiger partial charge < -0.3 is 16.0 Å². The number of piperidine rings is 1. The van der Waals surface area contributed by atoms with Crippen molar-refractivity contribution >= 4 is 11.5 Å². The molecule has 0 atom stereocenters. The monoisotopic (exact) mass is 295 g/mol. The zero-order chi connectivity index (χ0) is 15.6. The Hall–Kier alpha value is -1.76. The molecule has 118 valence electrons. The van der Waals surface area contributed by atoms with E-state index in [1.54, 1.807) is 0 Å². The summed E-state index contributed by atoms with van der Waals surface area (Å²) in [5.74, 6) is 0.254. The van der Waals surface area contributed by atoms with Gasteiger partial charge in [0.2, 0.25) is 0 Å². The molecular formula is C14H25N5O2. The first kappa shape index (κ1) is 15.6. The number of nitrogens with two attached hydrogens (primary N) is 1. The van der Waals surface area contributed by atoms with Gasteiger partial charge in [-0.15, -0.1) is 0 Å². The lowest BCUT2D eigenvalue weighted by molar-refractivity contribution is 0.263. The number of rotatable bonds is 4. The second kappa shape index (κ2) is 6.34. The number of nitrogens with one attached hydrogen (secondary N) is 1. The van der Waals surface area contributed by atoms with Gasteiger partial charge in [-0.2, -0.15) is 0 Å². The number of anilines is 2. The summed E-state index contributed by atoms with van der Waals surface area (Å²) < 4.78 is 2.60. The molecule has 0 amide bonds. The number of hydrogen-bond donors (Lipinski definition) is 2. The number of likely N-dealkylation sites (tertiary alicyclic amines) is 1. The minimum absolute atomic E-state index is 0.226. The van der Waals surface area contributed by atoms with Gasteiger partial charge in [-0.3, -0.25) is 13.9 Å². The van der Waals surface area contributed by atoms with E-state index in [0.29, 0.717) is 12.2 Å². The topological polar surface area (TPSA) is 85.3 Å². The van der Waals surface area contributed by atoms with E-state index in [1.165, 1.54) is 11.6 Å². The van der Waals surface area contributed by atoms with Crippen molar-refractivity contribution in [3.63, 3.8) is 0 Å². The molecule has 0 radical (unpaired) electrons. The first-order valence-electron chi connectivity index (χ1n) is 7.50. The Morgan fingerprint density at radius 2 is 1.86 bits per heavy atom. The molecule has 2 rings (SSSR count). The lowest BCUT2D eigenvalue weighted by Gasteiger charge is -2.30. The van der Waals surface area contributed by atoms with E-state index in [4.69, 9.17) is 5.73 Å². The minimum Gasteiger partial charge on any atom is -0.383 e. The van der Waals surface area contributed by atoms with Gasteiger partial charge in [0, 0.05) is 19.6 Å². The van der Waals surface area contributed by atoms with Crippen molar-refractivity contribution in [3.05, 3.63) is 20.8 Å². The molecule has 2 heterocycles. The molecule has 1 fully saturated rings. The standard InChI is InChI=1S/C14H25N5O2/c1-4-7-19-12(15)11(13(20)18(3)14(19)21)16-10-5-8-17(2)9-6-10/h10,16H,4-9,15H2,1-3H3. The molecule has 0 bridgehead atoms. The molecule has 0 unspecified atom stereocenters. The molecule has 0 spiro atoms. The second-order valence-corrected chi connectivity index (χ2v) is 5.78. The van der Waals surface area contributed by atoms with Crippen molar-refractivity contribution in [3.8, 4) is 0 Å². The largest absolute Gasteiger partial charge is 0.383 e. The Labute approximate surface area is 124 Å². The van der Waals surface area contributed by atoms with Crippen molar-refractivity contribution < 1.29 is 0 Å². The highest BCUT2D eigenvalue weighted by atomic mass is 16.2. The lowest BCUT2D eigenvalue weighted by Crippen LogP contribution is -2.43. The smallest absolute Gasteiger partial charge is 0.332 e. The Kier molecular flexibility index (Phi) is 4.72. The van der Waals surface area contributed by atoms with Crippen molar-refractivity contribution in [2.45, 2.75) is 38.8 Å². The van der Waals surface area contributed by atoms with Crippen molar-refractivity contribution in [1.82, 2.24) is 14.0 Å². The maximum Gasteiger partial charge on any atom is 0.332 e. The fourth-order valence-electron chi connectivity index (χ4n) is 2.72. The summed E-state index contributed by atoms with van der Waals surface area (Å²) >= 11 is 0. The molecule has 1 aliphatic rings. The Morgan fingerprint density at radius 3 is 2.43 bits per heavy atom. The van der Waals surface area contributed by atoms with E-state index in [9.17, 15) is 9.59 Å². The summed E-state index contributed by atoms with van der Waals surface area (Å²) in [4.78, 5) is 26.7. The quantitative estimate of drug-likeness (QED) is 0.819. The molecule has 0 aromatic carbocycles. The van der Waals surface area contributed by atoms with E-state index in [1.807, 2.05) is 6.92 Å². The number of nitrogens with zero attached hydrogens (tertiary/aromatic N) is 3. The molecule has 21 heavy (non-hydrogen) atoms. The predicted molar refractivity (Wildman–Crippen MR) is 84.8 cm³/mol. The third kappa shape index (κ3) is 3.12. The third-order valence-electron chi connectivity index (χ3n) is 4.10. The predicted octanol–water partition coefficient (Wildman–Crippen LogP) is 0.0453. The summed E-state index contributed by atoms with van der Waals surface area (Å²) in [6.07, 6.45) is 2.72. The van der Waals surface area contributed by atoms with Crippen LogP contribution >= 0.6 is 0 Å². The molecular weight excluding hydrogens is 270 g/mol. The maximum atomic E-state index is 12.3. The van der Waals surface area contributed by atoms with Crippen LogP contribution in [0.15, 0.2) is 9.59 Å². The first-order valence-corrected chi connectivity index (χ1v) is 7.50. The van der Waals surface area contributed by atoms with Crippen LogP contribution in [0.3, 0.4) is 0 Å². The Balaban J connectivity index is 2.34. The van der Waals surface area contributed by atoms with Crippen LogP contribution in [0.2, 0.25) is 0 Å². The summed E-state index contributed by atoms with van der Waals surface area (Å²) in [5, 5.41) is 3.26. The maximum absolute atomic E-state index is 12.3. The lowest BCUT2D eigenvalue weighted by atomic mass is 10.1. The van der Waals surface area contributed by atoms with Crippen LogP contribution in [0, 0.1) is 0 Å². The zero-order valence-electron chi connectivity index (χ0n) is 13.1. The molecule has 1 aliphatic heterocycles. The van der Waals surface area contributed by atoms with Crippen molar-refractivity contribution in [2.24, 2.45) is 7.05 Å². The number of nitrogen functional groups attached to an aromatic ring is 1. The highest BCUT2D eigenvalue weighted by Crippen LogP contribution is 2.17. The summed E-state index contributed by atoms with van der Waals surface area (Å²) in [5.41, 5.74) is 5.73. The Morgan fingerprint density at radius 1 is 1.24 bits per heavy atom. The van der Waals surface area contributed by atoms with Gasteiger partial charge in [0.25, 0.3) is 5.56 Å². The summed E-state index contributed by atoms with van der Waals surface area (Å²) in [6, 6.07) is 0.226. The molecule has 1 saturated heterocycles. The van der Waals surface area contributed by atoms with E-state index >= 15 is 0 Å². The molecule has 3 N–H and O–H groups in total. The molecule has 0 aliphatic carbocycles.